The fourth-order valence-electron chi connectivity index (χ4n) is 1.65. The summed E-state index contributed by atoms with van der Waals surface area (Å²) in [5.41, 5.74) is 6.27. The molecule has 3 heterocycles. The quantitative estimate of drug-likeness (QED) is 0.648. The summed E-state index contributed by atoms with van der Waals surface area (Å²) < 4.78 is 0. The van der Waals surface area contributed by atoms with Crippen LogP contribution in [-0.4, -0.2) is 31.7 Å². The van der Waals surface area contributed by atoms with Crippen molar-refractivity contribution >= 4 is 34.1 Å². The van der Waals surface area contributed by atoms with Crippen LogP contribution < -0.4 is 11.1 Å². The van der Waals surface area contributed by atoms with Gasteiger partial charge in [0.1, 0.15) is 5.82 Å². The summed E-state index contributed by atoms with van der Waals surface area (Å²) in [7, 11) is 0. The van der Waals surface area contributed by atoms with Gasteiger partial charge in [0.25, 0.3) is 0 Å². The highest BCUT2D eigenvalue weighted by molar-refractivity contribution is 7.09. The lowest BCUT2D eigenvalue weighted by Crippen LogP contribution is -2.08. The molecule has 0 bridgehead atoms. The van der Waals surface area contributed by atoms with Crippen LogP contribution in [0.1, 0.15) is 5.01 Å². The van der Waals surface area contributed by atoms with E-state index in [-0.39, 0.29) is 5.95 Å². The molecule has 3 rings (SSSR count). The third-order valence-corrected chi connectivity index (χ3v) is 3.28. The van der Waals surface area contributed by atoms with E-state index in [4.69, 9.17) is 5.73 Å². The molecule has 0 unspecified atom stereocenters. The molecule has 92 valence electrons. The molecule has 0 saturated carbocycles. The lowest BCUT2D eigenvalue weighted by atomic mass is 10.3. The summed E-state index contributed by atoms with van der Waals surface area (Å²) in [4.78, 5) is 12.4. The van der Waals surface area contributed by atoms with E-state index in [2.05, 4.69) is 30.5 Å². The average Bonchev–Trinajstić information content (AvgIpc) is 2.98. The topological polar surface area (TPSA) is 105 Å². The van der Waals surface area contributed by atoms with Crippen LogP contribution >= 0.6 is 11.3 Å². The van der Waals surface area contributed by atoms with Crippen LogP contribution in [-0.2, 0) is 6.42 Å². The molecule has 3 aromatic rings. The molecule has 0 spiro atoms. The van der Waals surface area contributed by atoms with Gasteiger partial charge in [-0.1, -0.05) is 0 Å². The molecule has 0 aromatic carbocycles. The predicted octanol–water partition coefficient (Wildman–Crippen LogP) is 1.05. The number of nitrogens with one attached hydrogen (secondary N) is 2. The van der Waals surface area contributed by atoms with E-state index in [1.807, 2.05) is 5.38 Å². The fourth-order valence-corrected chi connectivity index (χ4v) is 2.27. The Morgan fingerprint density at radius 1 is 1.39 bits per heavy atom. The van der Waals surface area contributed by atoms with E-state index < -0.39 is 0 Å². The number of nitrogens with two attached hydrogens (primary N) is 1. The monoisotopic (exact) mass is 261 g/mol. The van der Waals surface area contributed by atoms with Crippen LogP contribution in [0, 0.1) is 0 Å². The van der Waals surface area contributed by atoms with Crippen molar-refractivity contribution in [1.29, 1.82) is 0 Å². The summed E-state index contributed by atoms with van der Waals surface area (Å²) >= 11 is 1.64. The number of thiazole rings is 1. The first-order valence-corrected chi connectivity index (χ1v) is 6.30. The van der Waals surface area contributed by atoms with Crippen molar-refractivity contribution in [3.05, 3.63) is 22.8 Å². The van der Waals surface area contributed by atoms with E-state index in [0.29, 0.717) is 11.5 Å². The Bertz CT molecular complexity index is 645. The highest BCUT2D eigenvalue weighted by Crippen LogP contribution is 2.18. The highest BCUT2D eigenvalue weighted by Gasteiger charge is 2.07. The smallest absolute Gasteiger partial charge is 0.224 e. The van der Waals surface area contributed by atoms with E-state index in [1.54, 1.807) is 23.7 Å². The van der Waals surface area contributed by atoms with E-state index in [1.165, 1.54) is 0 Å². The lowest BCUT2D eigenvalue weighted by molar-refractivity contribution is 0.988. The van der Waals surface area contributed by atoms with Crippen LogP contribution in [0.25, 0.3) is 11.0 Å². The van der Waals surface area contributed by atoms with Gasteiger partial charge in [0.15, 0.2) is 5.65 Å². The van der Waals surface area contributed by atoms with Gasteiger partial charge in [0.05, 0.1) is 16.6 Å². The zero-order valence-electron chi connectivity index (χ0n) is 9.42. The summed E-state index contributed by atoms with van der Waals surface area (Å²) in [6.07, 6.45) is 4.33. The number of hydrogen-bond acceptors (Lipinski definition) is 7. The summed E-state index contributed by atoms with van der Waals surface area (Å²) in [6.45, 7) is 0.740. The van der Waals surface area contributed by atoms with Gasteiger partial charge in [-0.25, -0.2) is 4.98 Å². The number of H-pyrrole nitrogens is 1. The maximum Gasteiger partial charge on any atom is 0.224 e. The van der Waals surface area contributed by atoms with Crippen LogP contribution in [0.4, 0.5) is 11.8 Å². The highest BCUT2D eigenvalue weighted by atomic mass is 32.1. The SMILES string of the molecule is Nc1nc(NCCc2nccs2)c2cn[nH]c2n1. The van der Waals surface area contributed by atoms with Gasteiger partial charge in [-0.15, -0.1) is 11.3 Å². The standard InChI is InChI=1S/C10H11N7S/c11-10-15-8(6-5-14-17-9(6)16-10)13-2-1-7-12-3-4-18-7/h3-5H,1-2H2,(H4,11,13,14,15,16,17). The minimum atomic E-state index is 0.225. The molecule has 0 aliphatic carbocycles. The van der Waals surface area contributed by atoms with Gasteiger partial charge < -0.3 is 11.1 Å². The third kappa shape index (κ3) is 2.09. The predicted molar refractivity (Wildman–Crippen MR) is 70.4 cm³/mol. The Hall–Kier alpha value is -2.22. The summed E-state index contributed by atoms with van der Waals surface area (Å²) in [6, 6.07) is 0. The molecule has 7 nitrogen and oxygen atoms in total. The number of anilines is 2. The van der Waals surface area contributed by atoms with Crippen LogP contribution in [0.5, 0.6) is 0 Å². The summed E-state index contributed by atoms with van der Waals surface area (Å²) in [5.74, 6) is 0.923. The first-order chi connectivity index (χ1) is 8.83. The normalized spacial score (nSPS) is 10.9. The Labute approximate surface area is 106 Å². The summed E-state index contributed by atoms with van der Waals surface area (Å²) in [5, 5.41) is 13.8. The Balaban J connectivity index is 1.75. The second-order valence-corrected chi connectivity index (χ2v) is 4.64. The maximum absolute atomic E-state index is 5.63. The van der Waals surface area contributed by atoms with Crippen molar-refractivity contribution in [1.82, 2.24) is 25.1 Å². The van der Waals surface area contributed by atoms with E-state index in [0.717, 1.165) is 23.4 Å². The third-order valence-electron chi connectivity index (χ3n) is 2.44. The number of rotatable bonds is 4. The Kier molecular flexibility index (Phi) is 2.77. The minimum Gasteiger partial charge on any atom is -0.369 e. The van der Waals surface area contributed by atoms with Gasteiger partial charge in [0, 0.05) is 24.5 Å². The van der Waals surface area contributed by atoms with Crippen molar-refractivity contribution in [2.75, 3.05) is 17.6 Å². The van der Waals surface area contributed by atoms with E-state index >= 15 is 0 Å². The van der Waals surface area contributed by atoms with Crippen molar-refractivity contribution in [2.45, 2.75) is 6.42 Å². The molecule has 4 N–H and O–H groups in total. The molecular formula is C10H11N7S. The number of aromatic amines is 1. The largest absolute Gasteiger partial charge is 0.369 e. The van der Waals surface area contributed by atoms with Crippen molar-refractivity contribution in [3.63, 3.8) is 0 Å². The molecule has 0 atom stereocenters. The van der Waals surface area contributed by atoms with Gasteiger partial charge >= 0.3 is 0 Å². The first-order valence-electron chi connectivity index (χ1n) is 5.42. The molecule has 8 heteroatoms. The number of hydrogen-bond donors (Lipinski definition) is 3. The van der Waals surface area contributed by atoms with Crippen LogP contribution in [0.3, 0.4) is 0 Å². The second kappa shape index (κ2) is 4.57. The second-order valence-electron chi connectivity index (χ2n) is 3.67. The zero-order chi connectivity index (χ0) is 12.4. The Morgan fingerprint density at radius 3 is 3.17 bits per heavy atom. The first kappa shape index (κ1) is 10.9. The molecular weight excluding hydrogens is 250 g/mol. The fraction of sp³-hybridized carbons (Fsp3) is 0.200. The van der Waals surface area contributed by atoms with Gasteiger partial charge in [-0.3, -0.25) is 5.10 Å². The number of fused-ring (bicyclic) bond motifs is 1. The molecule has 0 saturated heterocycles. The maximum atomic E-state index is 5.63. The van der Waals surface area contributed by atoms with Gasteiger partial charge in [-0.05, 0) is 0 Å². The van der Waals surface area contributed by atoms with Crippen molar-refractivity contribution < 1.29 is 0 Å². The van der Waals surface area contributed by atoms with Crippen LogP contribution in [0.2, 0.25) is 0 Å². The van der Waals surface area contributed by atoms with Crippen molar-refractivity contribution in [3.8, 4) is 0 Å². The Morgan fingerprint density at radius 2 is 2.33 bits per heavy atom. The zero-order valence-corrected chi connectivity index (χ0v) is 10.2. The van der Waals surface area contributed by atoms with Gasteiger partial charge in [0.2, 0.25) is 5.95 Å². The molecule has 18 heavy (non-hydrogen) atoms. The molecule has 0 radical (unpaired) electrons. The number of aromatic nitrogens is 5. The molecule has 0 amide bonds. The van der Waals surface area contributed by atoms with Gasteiger partial charge in [-0.2, -0.15) is 15.1 Å². The lowest BCUT2D eigenvalue weighted by Gasteiger charge is -2.05. The molecule has 0 fully saturated rings. The number of nitrogens with zero attached hydrogens (tertiary/aromatic N) is 4. The average molecular weight is 261 g/mol. The van der Waals surface area contributed by atoms with E-state index in [9.17, 15) is 0 Å². The van der Waals surface area contributed by atoms with Crippen LogP contribution in [0.15, 0.2) is 17.8 Å². The molecule has 3 aromatic heterocycles. The number of nitrogen functional groups attached to an aromatic ring is 1. The molecule has 0 aliphatic heterocycles. The van der Waals surface area contributed by atoms with Crippen molar-refractivity contribution in [2.24, 2.45) is 0 Å². The minimum absolute atomic E-state index is 0.225. The molecule has 0 aliphatic rings.